The van der Waals surface area contributed by atoms with Crippen molar-refractivity contribution < 1.29 is 24.5 Å². The number of nitrogens with two attached hydrogens (primary N) is 2. The topological polar surface area (TPSA) is 148 Å². The van der Waals surface area contributed by atoms with Gasteiger partial charge in [0.05, 0.1) is 11.1 Å². The average Bonchev–Trinajstić information content (AvgIpc) is 2.66. The van der Waals surface area contributed by atoms with Gasteiger partial charge in [0.2, 0.25) is 0 Å². The smallest absolute Gasteiger partial charge is 0.252 e. The summed E-state index contributed by atoms with van der Waals surface area (Å²) in [5.74, 6) is -0.574. The van der Waals surface area contributed by atoms with Crippen LogP contribution < -0.4 is 21.5 Å². The number of ketones is 1. The molecule has 0 fully saturated rings. The van der Waals surface area contributed by atoms with Gasteiger partial charge in [-0.3, -0.25) is 9.59 Å². The highest BCUT2D eigenvalue weighted by Crippen LogP contribution is 2.33. The zero-order valence-corrected chi connectivity index (χ0v) is 16.6. The normalized spacial score (nSPS) is 11.7. The minimum Gasteiger partial charge on any atom is -0.507 e. The number of nitrogens with one attached hydrogen (secondary N) is 1. The number of primary amides is 1. The van der Waals surface area contributed by atoms with E-state index in [-0.39, 0.29) is 41.5 Å². The summed E-state index contributed by atoms with van der Waals surface area (Å²) in [5.41, 5.74) is 12.7. The number of carbonyl (C=O) groups excluding carboxylic acids is 2. The third kappa shape index (κ3) is 5.39. The molecule has 0 aliphatic carbocycles. The number of aliphatic hydroxyl groups is 1. The fourth-order valence-electron chi connectivity index (χ4n) is 2.99. The third-order valence-corrected chi connectivity index (χ3v) is 4.42. The predicted molar refractivity (Wildman–Crippen MR) is 111 cm³/mol. The van der Waals surface area contributed by atoms with E-state index in [0.29, 0.717) is 23.4 Å². The predicted octanol–water partition coefficient (Wildman–Crippen LogP) is 2.08. The average molecular weight is 401 g/mol. The SMILES string of the molecule is CCCc1c(OCC(O)CNc2cccc(N)c2C(N)=O)ccc(C(C)=O)c1O. The molecule has 0 saturated carbocycles. The lowest BCUT2D eigenvalue weighted by Crippen LogP contribution is -2.27. The number of hydrogen-bond donors (Lipinski definition) is 5. The molecule has 0 heterocycles. The number of aliphatic hydroxyl groups excluding tert-OH is 1. The molecule has 0 bridgehead atoms. The van der Waals surface area contributed by atoms with E-state index >= 15 is 0 Å². The summed E-state index contributed by atoms with van der Waals surface area (Å²) in [6.45, 7) is 3.36. The maximum atomic E-state index is 11.6. The lowest BCUT2D eigenvalue weighted by Gasteiger charge is -2.18. The number of ether oxygens (including phenoxy) is 1. The van der Waals surface area contributed by atoms with Gasteiger partial charge in [-0.05, 0) is 37.6 Å². The Morgan fingerprint density at radius 2 is 1.97 bits per heavy atom. The summed E-state index contributed by atoms with van der Waals surface area (Å²) in [7, 11) is 0. The van der Waals surface area contributed by atoms with Crippen LogP contribution in [0.15, 0.2) is 30.3 Å². The molecule has 8 heteroatoms. The van der Waals surface area contributed by atoms with Crippen LogP contribution in [0.25, 0.3) is 0 Å². The third-order valence-electron chi connectivity index (χ3n) is 4.42. The van der Waals surface area contributed by atoms with E-state index in [9.17, 15) is 19.8 Å². The molecule has 0 saturated heterocycles. The summed E-state index contributed by atoms with van der Waals surface area (Å²) in [5, 5.41) is 23.6. The highest BCUT2D eigenvalue weighted by Gasteiger charge is 2.17. The van der Waals surface area contributed by atoms with Crippen molar-refractivity contribution in [1.29, 1.82) is 0 Å². The number of hydrogen-bond acceptors (Lipinski definition) is 7. The fraction of sp³-hybridized carbons (Fsp3) is 0.333. The van der Waals surface area contributed by atoms with Crippen molar-refractivity contribution in [3.63, 3.8) is 0 Å². The highest BCUT2D eigenvalue weighted by molar-refractivity contribution is 6.03. The van der Waals surface area contributed by atoms with E-state index in [1.54, 1.807) is 24.3 Å². The van der Waals surface area contributed by atoms with Crippen LogP contribution in [0.3, 0.4) is 0 Å². The summed E-state index contributed by atoms with van der Waals surface area (Å²) >= 11 is 0. The first kappa shape index (κ1) is 22.0. The Balaban J connectivity index is 2.06. The van der Waals surface area contributed by atoms with Crippen LogP contribution in [-0.4, -0.2) is 41.2 Å². The van der Waals surface area contributed by atoms with Crippen molar-refractivity contribution in [1.82, 2.24) is 0 Å². The molecule has 1 unspecified atom stereocenters. The summed E-state index contributed by atoms with van der Waals surface area (Å²) in [6.07, 6.45) is 0.365. The Bertz CT molecular complexity index is 898. The number of amides is 1. The second-order valence-electron chi connectivity index (χ2n) is 6.72. The van der Waals surface area contributed by atoms with Gasteiger partial charge in [0, 0.05) is 23.5 Å². The number of Topliss-reactive ketones (excluding diaryl/α,β-unsaturated/α-hetero) is 1. The van der Waals surface area contributed by atoms with Gasteiger partial charge in [-0.15, -0.1) is 0 Å². The van der Waals surface area contributed by atoms with Gasteiger partial charge < -0.3 is 31.7 Å². The van der Waals surface area contributed by atoms with Crippen molar-refractivity contribution in [2.24, 2.45) is 5.73 Å². The summed E-state index contributed by atoms with van der Waals surface area (Å²) < 4.78 is 5.68. The first-order valence-electron chi connectivity index (χ1n) is 9.35. The van der Waals surface area contributed by atoms with Crippen molar-refractivity contribution in [2.45, 2.75) is 32.8 Å². The number of carbonyl (C=O) groups is 2. The lowest BCUT2D eigenvalue weighted by atomic mass is 10.0. The van der Waals surface area contributed by atoms with Gasteiger partial charge in [-0.2, -0.15) is 0 Å². The molecule has 2 aromatic rings. The van der Waals surface area contributed by atoms with E-state index < -0.39 is 12.0 Å². The minimum absolute atomic E-state index is 0.0587. The van der Waals surface area contributed by atoms with Crippen molar-refractivity contribution >= 4 is 23.1 Å². The second kappa shape index (κ2) is 9.79. The zero-order valence-electron chi connectivity index (χ0n) is 16.6. The molecule has 2 rings (SSSR count). The molecule has 0 aromatic heterocycles. The number of rotatable bonds is 10. The molecule has 0 spiro atoms. The summed E-state index contributed by atoms with van der Waals surface area (Å²) in [6, 6.07) is 8.00. The van der Waals surface area contributed by atoms with Crippen LogP contribution in [0.5, 0.6) is 11.5 Å². The zero-order chi connectivity index (χ0) is 21.6. The van der Waals surface area contributed by atoms with Gasteiger partial charge in [-0.1, -0.05) is 19.4 Å². The molecule has 0 aliphatic rings. The van der Waals surface area contributed by atoms with E-state index in [2.05, 4.69) is 5.32 Å². The van der Waals surface area contributed by atoms with Crippen LogP contribution in [0.2, 0.25) is 0 Å². The maximum Gasteiger partial charge on any atom is 0.252 e. The molecule has 0 radical (unpaired) electrons. The Morgan fingerprint density at radius 3 is 2.59 bits per heavy atom. The Labute approximate surface area is 169 Å². The van der Waals surface area contributed by atoms with Gasteiger partial charge >= 0.3 is 0 Å². The van der Waals surface area contributed by atoms with Crippen molar-refractivity contribution in [3.05, 3.63) is 47.0 Å². The van der Waals surface area contributed by atoms with Gasteiger partial charge in [0.1, 0.15) is 24.2 Å². The molecule has 1 atom stereocenters. The van der Waals surface area contributed by atoms with Crippen LogP contribution in [-0.2, 0) is 6.42 Å². The van der Waals surface area contributed by atoms with Crippen LogP contribution >= 0.6 is 0 Å². The standard InChI is InChI=1S/C21H27N3O5/c1-3-5-15-18(9-8-14(12(2)25)20(15)27)29-11-13(26)10-24-17-7-4-6-16(22)19(17)21(23)28/h4,6-9,13,24,26-27H,3,5,10-11,22H2,1-2H3,(H2,23,28). The van der Waals surface area contributed by atoms with Crippen molar-refractivity contribution in [2.75, 3.05) is 24.2 Å². The van der Waals surface area contributed by atoms with E-state index in [1.807, 2.05) is 6.92 Å². The molecule has 29 heavy (non-hydrogen) atoms. The second-order valence-corrected chi connectivity index (χ2v) is 6.72. The van der Waals surface area contributed by atoms with Gasteiger partial charge in [0.25, 0.3) is 5.91 Å². The van der Waals surface area contributed by atoms with Crippen molar-refractivity contribution in [3.8, 4) is 11.5 Å². The molecular weight excluding hydrogens is 374 g/mol. The van der Waals surface area contributed by atoms with E-state index in [4.69, 9.17) is 16.2 Å². The quantitative estimate of drug-likeness (QED) is 0.302. The molecule has 2 aromatic carbocycles. The van der Waals surface area contributed by atoms with E-state index in [0.717, 1.165) is 6.42 Å². The Hall–Kier alpha value is -3.26. The largest absolute Gasteiger partial charge is 0.507 e. The molecule has 1 amide bonds. The molecule has 7 N–H and O–H groups in total. The number of nitrogen functional groups attached to an aromatic ring is 1. The monoisotopic (exact) mass is 401 g/mol. The fourth-order valence-corrected chi connectivity index (χ4v) is 2.99. The summed E-state index contributed by atoms with van der Waals surface area (Å²) in [4.78, 5) is 23.2. The molecular formula is C21H27N3O5. The number of benzene rings is 2. The molecule has 156 valence electrons. The highest BCUT2D eigenvalue weighted by atomic mass is 16.5. The number of phenols is 1. The van der Waals surface area contributed by atoms with Crippen LogP contribution in [0.4, 0.5) is 11.4 Å². The van der Waals surface area contributed by atoms with Gasteiger partial charge in [0.15, 0.2) is 5.78 Å². The first-order valence-corrected chi connectivity index (χ1v) is 9.35. The van der Waals surface area contributed by atoms with Gasteiger partial charge in [-0.25, -0.2) is 0 Å². The number of aromatic hydroxyl groups is 1. The van der Waals surface area contributed by atoms with Crippen LogP contribution in [0, 0.1) is 0 Å². The number of anilines is 2. The molecule has 0 aliphatic heterocycles. The molecule has 8 nitrogen and oxygen atoms in total. The Kier molecular flexibility index (Phi) is 7.44. The number of phenolic OH excluding ortho intramolecular Hbond substituents is 1. The Morgan fingerprint density at radius 1 is 1.24 bits per heavy atom. The lowest BCUT2D eigenvalue weighted by molar-refractivity contribution is 0.0996. The van der Waals surface area contributed by atoms with E-state index in [1.165, 1.54) is 13.0 Å². The first-order chi connectivity index (χ1) is 13.8. The minimum atomic E-state index is -0.915. The van der Waals surface area contributed by atoms with Crippen LogP contribution in [0.1, 0.15) is 46.5 Å². The maximum absolute atomic E-state index is 11.6.